The van der Waals surface area contributed by atoms with Gasteiger partial charge in [-0.25, -0.2) is 0 Å². The molecule has 32 heavy (non-hydrogen) atoms. The molecule has 0 fully saturated rings. The van der Waals surface area contributed by atoms with Crippen LogP contribution in [-0.2, 0) is 0 Å². The Morgan fingerprint density at radius 2 is 0.625 bits per heavy atom. The zero-order valence-corrected chi connectivity index (χ0v) is 19.6. The van der Waals surface area contributed by atoms with Crippen molar-refractivity contribution in [1.29, 1.82) is 0 Å². The fourth-order valence-electron chi connectivity index (χ4n) is 4.17. The lowest BCUT2D eigenvalue weighted by atomic mass is 10.1. The molecule has 0 bridgehead atoms. The summed E-state index contributed by atoms with van der Waals surface area (Å²) < 4.78 is 0.559. The number of hydrogen-bond donors (Lipinski definition) is 0. The summed E-state index contributed by atoms with van der Waals surface area (Å²) in [5.74, 6) is 0. The Kier molecular flexibility index (Phi) is 8.79. The van der Waals surface area contributed by atoms with Crippen molar-refractivity contribution >= 4 is 22.7 Å². The molecule has 4 aromatic carbocycles. The van der Waals surface area contributed by atoms with Crippen molar-refractivity contribution in [2.75, 3.05) is 19.6 Å². The summed E-state index contributed by atoms with van der Waals surface area (Å²) in [6, 6.07) is 42.8. The van der Waals surface area contributed by atoms with E-state index in [0.29, 0.717) is 4.48 Å². The number of quaternary nitrogens is 1. The summed E-state index contributed by atoms with van der Waals surface area (Å²) in [7, 11) is 0. The van der Waals surface area contributed by atoms with E-state index in [4.69, 9.17) is 0 Å². The molecule has 0 amide bonds. The number of nitrogens with zero attached hydrogens (tertiary/aromatic N) is 2. The van der Waals surface area contributed by atoms with E-state index in [1.807, 2.05) is 0 Å². The summed E-state index contributed by atoms with van der Waals surface area (Å²) in [5, 5.41) is 0. The number of rotatable bonds is 7. The van der Waals surface area contributed by atoms with E-state index in [2.05, 4.69) is 147 Å². The van der Waals surface area contributed by atoms with Crippen LogP contribution >= 0.6 is 0 Å². The van der Waals surface area contributed by atoms with E-state index < -0.39 is 0 Å². The second-order valence-corrected chi connectivity index (χ2v) is 7.63. The molecule has 2 heteroatoms. The van der Waals surface area contributed by atoms with Gasteiger partial charge in [-0.1, -0.05) is 93.6 Å². The highest BCUT2D eigenvalue weighted by Crippen LogP contribution is 2.50. The Labute approximate surface area is 194 Å². The molecule has 4 aromatic rings. The van der Waals surface area contributed by atoms with Crippen molar-refractivity contribution in [1.82, 2.24) is 9.38 Å². The number of para-hydroxylation sites is 4. The lowest BCUT2D eigenvalue weighted by Gasteiger charge is -2.37. The van der Waals surface area contributed by atoms with Crippen molar-refractivity contribution in [3.8, 4) is 0 Å². The van der Waals surface area contributed by atoms with Gasteiger partial charge >= 0.3 is 0 Å². The van der Waals surface area contributed by atoms with E-state index in [9.17, 15) is 0 Å². The van der Waals surface area contributed by atoms with Gasteiger partial charge in [0.25, 0.3) is 0 Å². The zero-order chi connectivity index (χ0) is 22.7. The summed E-state index contributed by atoms with van der Waals surface area (Å²) >= 11 is 0. The van der Waals surface area contributed by atoms with E-state index in [-0.39, 0.29) is 0 Å². The first-order chi connectivity index (χ1) is 15.8. The van der Waals surface area contributed by atoms with Gasteiger partial charge in [0.2, 0.25) is 0 Å². The van der Waals surface area contributed by atoms with Crippen LogP contribution in [-0.4, -0.2) is 24.5 Å². The maximum Gasteiger partial charge on any atom is 0.148 e. The fraction of sp³-hybridized carbons (Fsp3) is 0.200. The van der Waals surface area contributed by atoms with Crippen molar-refractivity contribution in [3.05, 3.63) is 121 Å². The van der Waals surface area contributed by atoms with Crippen LogP contribution < -0.4 is 4.48 Å². The molecular formula is C30H35N2+. The SMILES string of the molecule is CCN(CC)CC.c1ccc([N+](c2ccccc2)(c2ccccc2)c2ccccc2)cc1. The quantitative estimate of drug-likeness (QED) is 0.270. The number of benzene rings is 4. The molecule has 0 aliphatic rings. The maximum atomic E-state index is 2.38. The van der Waals surface area contributed by atoms with Gasteiger partial charge in [-0.05, 0) is 19.6 Å². The van der Waals surface area contributed by atoms with Crippen molar-refractivity contribution in [2.45, 2.75) is 20.8 Å². The van der Waals surface area contributed by atoms with Gasteiger partial charge in [-0.2, -0.15) is 4.48 Å². The van der Waals surface area contributed by atoms with E-state index in [1.54, 1.807) is 0 Å². The highest BCUT2D eigenvalue weighted by atomic mass is 15.4. The van der Waals surface area contributed by atoms with Crippen LogP contribution in [0, 0.1) is 0 Å². The van der Waals surface area contributed by atoms with Crippen molar-refractivity contribution < 1.29 is 0 Å². The molecule has 4 rings (SSSR count). The average molecular weight is 424 g/mol. The van der Waals surface area contributed by atoms with Gasteiger partial charge in [-0.3, -0.25) is 0 Å². The molecule has 0 atom stereocenters. The molecule has 0 saturated heterocycles. The fourth-order valence-corrected chi connectivity index (χ4v) is 4.17. The lowest BCUT2D eigenvalue weighted by molar-refractivity contribution is 0.321. The van der Waals surface area contributed by atoms with Crippen LogP contribution in [0.25, 0.3) is 0 Å². The minimum atomic E-state index is 0.559. The van der Waals surface area contributed by atoms with Crippen LogP contribution in [0.15, 0.2) is 121 Å². The Balaban J connectivity index is 0.000000360. The molecule has 2 nitrogen and oxygen atoms in total. The zero-order valence-electron chi connectivity index (χ0n) is 19.6. The first-order valence-corrected chi connectivity index (χ1v) is 11.6. The molecule has 0 aliphatic heterocycles. The standard InChI is InChI=1S/C24H20N.C6H15N/c1-5-13-21(14-6-1)25(22-15-7-2-8-16-22,23-17-9-3-10-18-23)24-19-11-4-12-20-24;1-4-7(5-2)6-3/h1-20H;4-6H2,1-3H3/q+1;. The Morgan fingerprint density at radius 1 is 0.406 bits per heavy atom. The molecule has 0 N–H and O–H groups in total. The van der Waals surface area contributed by atoms with Crippen LogP contribution in [0.1, 0.15) is 20.8 Å². The molecule has 0 saturated carbocycles. The van der Waals surface area contributed by atoms with Gasteiger partial charge in [0, 0.05) is 48.5 Å². The van der Waals surface area contributed by atoms with Gasteiger partial charge in [0.1, 0.15) is 22.7 Å². The van der Waals surface area contributed by atoms with Crippen LogP contribution in [0.5, 0.6) is 0 Å². The molecule has 0 radical (unpaired) electrons. The molecule has 164 valence electrons. The minimum absolute atomic E-state index is 0.559. The highest BCUT2D eigenvalue weighted by Gasteiger charge is 2.38. The predicted molar refractivity (Wildman–Crippen MR) is 140 cm³/mol. The molecule has 0 unspecified atom stereocenters. The largest absolute Gasteiger partial charge is 0.304 e. The minimum Gasteiger partial charge on any atom is -0.304 e. The molecule has 0 spiro atoms. The van der Waals surface area contributed by atoms with Crippen molar-refractivity contribution in [2.24, 2.45) is 0 Å². The molecule has 0 aliphatic carbocycles. The summed E-state index contributed by atoms with van der Waals surface area (Å²) in [6.07, 6.45) is 0. The van der Waals surface area contributed by atoms with Gasteiger partial charge in [0.05, 0.1) is 0 Å². The smallest absolute Gasteiger partial charge is 0.148 e. The third-order valence-corrected chi connectivity index (χ3v) is 5.92. The van der Waals surface area contributed by atoms with E-state index >= 15 is 0 Å². The maximum absolute atomic E-state index is 2.38. The van der Waals surface area contributed by atoms with Crippen LogP contribution in [0.2, 0.25) is 0 Å². The van der Waals surface area contributed by atoms with Gasteiger partial charge in [-0.15, -0.1) is 0 Å². The molecule has 0 aromatic heterocycles. The lowest BCUT2D eigenvalue weighted by Crippen LogP contribution is -2.33. The molecular weight excluding hydrogens is 388 g/mol. The summed E-state index contributed by atoms with van der Waals surface area (Å²) in [5.41, 5.74) is 4.86. The normalized spacial score (nSPS) is 11.0. The average Bonchev–Trinajstić information content (AvgIpc) is 2.89. The first-order valence-electron chi connectivity index (χ1n) is 11.6. The Morgan fingerprint density at radius 3 is 0.781 bits per heavy atom. The molecule has 0 heterocycles. The monoisotopic (exact) mass is 423 g/mol. The Bertz CT molecular complexity index is 842. The first kappa shape index (κ1) is 23.5. The third kappa shape index (κ3) is 5.16. The van der Waals surface area contributed by atoms with E-state index in [1.165, 1.54) is 42.4 Å². The van der Waals surface area contributed by atoms with Crippen LogP contribution in [0.4, 0.5) is 22.7 Å². The summed E-state index contributed by atoms with van der Waals surface area (Å²) in [4.78, 5) is 2.38. The number of hydrogen-bond acceptors (Lipinski definition) is 1. The van der Waals surface area contributed by atoms with E-state index in [0.717, 1.165) is 0 Å². The second kappa shape index (κ2) is 12.0. The van der Waals surface area contributed by atoms with Crippen LogP contribution in [0.3, 0.4) is 0 Å². The Hall–Kier alpha value is -3.20. The second-order valence-electron chi connectivity index (χ2n) is 7.63. The predicted octanol–water partition coefficient (Wildman–Crippen LogP) is 8.34. The highest BCUT2D eigenvalue weighted by molar-refractivity contribution is 5.81. The van der Waals surface area contributed by atoms with Gasteiger partial charge in [0.15, 0.2) is 0 Å². The van der Waals surface area contributed by atoms with Gasteiger partial charge < -0.3 is 4.90 Å². The topological polar surface area (TPSA) is 3.24 Å². The van der Waals surface area contributed by atoms with Crippen molar-refractivity contribution in [3.63, 3.8) is 0 Å². The third-order valence-electron chi connectivity index (χ3n) is 5.92. The summed E-state index contributed by atoms with van der Waals surface area (Å²) in [6.45, 7) is 10.1.